The van der Waals surface area contributed by atoms with E-state index in [1.54, 1.807) is 42.6 Å². The Morgan fingerprint density at radius 1 is 1.07 bits per heavy atom. The lowest BCUT2D eigenvalue weighted by Crippen LogP contribution is -2.29. The van der Waals surface area contributed by atoms with E-state index >= 15 is 0 Å². The predicted octanol–water partition coefficient (Wildman–Crippen LogP) is 5.59. The molecular formula is C29H26Cl2N2O7. The van der Waals surface area contributed by atoms with E-state index in [4.69, 9.17) is 37.4 Å². The molecule has 0 aliphatic carbocycles. The Morgan fingerprint density at radius 3 is 2.38 bits per heavy atom. The standard InChI is InChI=1S/C29H26Cl2N2O7/c1-4-12-40-29(37)17-9-7-16(8-10-17)15-33-23(18-6-5-11-32-14-18)21(25(35)28(33)36)24(34)19-13-20(30)27(39-3)22(31)26(19)38-2/h5-11,13-14,23,34H,4,12,15H2,1-3H3/b24-21+. The van der Waals surface area contributed by atoms with E-state index in [-0.39, 0.29) is 39.2 Å². The smallest absolute Gasteiger partial charge is 0.338 e. The number of pyridine rings is 1. The van der Waals surface area contributed by atoms with E-state index in [0.29, 0.717) is 29.7 Å². The van der Waals surface area contributed by atoms with Crippen LogP contribution in [0.3, 0.4) is 0 Å². The molecule has 40 heavy (non-hydrogen) atoms. The molecule has 0 spiro atoms. The van der Waals surface area contributed by atoms with Crippen molar-refractivity contribution >= 4 is 46.6 Å². The number of hydrogen-bond donors (Lipinski definition) is 1. The van der Waals surface area contributed by atoms with Crippen LogP contribution in [0, 0.1) is 0 Å². The molecule has 1 saturated heterocycles. The summed E-state index contributed by atoms with van der Waals surface area (Å²) in [5.74, 6) is -2.56. The number of carbonyl (C=O) groups excluding carboxylic acids is 3. The topological polar surface area (TPSA) is 115 Å². The average molecular weight is 585 g/mol. The zero-order valence-electron chi connectivity index (χ0n) is 21.9. The van der Waals surface area contributed by atoms with Crippen LogP contribution in [0.25, 0.3) is 5.76 Å². The fraction of sp³-hybridized carbons (Fsp3) is 0.241. The minimum absolute atomic E-state index is 0.00641. The molecule has 0 bridgehead atoms. The molecule has 1 aromatic heterocycles. The third-order valence-corrected chi connectivity index (χ3v) is 6.94. The van der Waals surface area contributed by atoms with Gasteiger partial charge in [0, 0.05) is 18.9 Å². The second-order valence-electron chi connectivity index (χ2n) is 8.83. The van der Waals surface area contributed by atoms with Gasteiger partial charge in [-0.05, 0) is 41.8 Å². The van der Waals surface area contributed by atoms with Crippen molar-refractivity contribution in [3.05, 3.63) is 92.7 Å². The van der Waals surface area contributed by atoms with Crippen molar-refractivity contribution in [1.29, 1.82) is 0 Å². The van der Waals surface area contributed by atoms with Gasteiger partial charge in [0.15, 0.2) is 11.5 Å². The van der Waals surface area contributed by atoms with E-state index in [1.807, 2.05) is 6.92 Å². The number of Topliss-reactive ketones (excluding diaryl/α,β-unsaturated/α-hetero) is 1. The first kappa shape index (κ1) is 28.9. The third-order valence-electron chi connectivity index (χ3n) is 6.31. The summed E-state index contributed by atoms with van der Waals surface area (Å²) < 4.78 is 15.8. The average Bonchev–Trinajstić information content (AvgIpc) is 3.21. The van der Waals surface area contributed by atoms with Gasteiger partial charge in [0.25, 0.3) is 11.7 Å². The molecule has 1 aliphatic heterocycles. The Morgan fingerprint density at radius 2 is 1.77 bits per heavy atom. The number of benzene rings is 2. The number of aliphatic hydroxyl groups excluding tert-OH is 1. The molecule has 3 aromatic rings. The Kier molecular flexibility index (Phi) is 8.96. The number of ketones is 1. The number of aliphatic hydroxyl groups is 1. The van der Waals surface area contributed by atoms with Crippen LogP contribution < -0.4 is 9.47 Å². The van der Waals surface area contributed by atoms with Crippen LogP contribution in [-0.4, -0.2) is 53.5 Å². The molecule has 9 nitrogen and oxygen atoms in total. The number of aromatic nitrogens is 1. The summed E-state index contributed by atoms with van der Waals surface area (Å²) in [7, 11) is 2.71. The fourth-order valence-corrected chi connectivity index (χ4v) is 5.13. The highest BCUT2D eigenvalue weighted by Gasteiger charge is 2.46. The second kappa shape index (κ2) is 12.4. The van der Waals surface area contributed by atoms with Crippen LogP contribution >= 0.6 is 23.2 Å². The minimum Gasteiger partial charge on any atom is -0.507 e. The molecule has 0 radical (unpaired) electrons. The molecule has 1 aliphatic rings. The summed E-state index contributed by atoms with van der Waals surface area (Å²) >= 11 is 12.7. The highest BCUT2D eigenvalue weighted by atomic mass is 35.5. The maximum absolute atomic E-state index is 13.4. The largest absolute Gasteiger partial charge is 0.507 e. The number of halogens is 2. The number of ether oxygens (including phenoxy) is 3. The van der Waals surface area contributed by atoms with Crippen molar-refractivity contribution in [2.24, 2.45) is 0 Å². The molecule has 1 N–H and O–H groups in total. The van der Waals surface area contributed by atoms with E-state index in [2.05, 4.69) is 4.98 Å². The SMILES string of the molecule is CCCOC(=O)c1ccc(CN2C(=O)C(=O)/C(=C(/O)c3cc(Cl)c(OC)c(Cl)c3OC)C2c2cccnc2)cc1. The third kappa shape index (κ3) is 5.48. The number of likely N-dealkylation sites (tertiary alicyclic amines) is 1. The first-order chi connectivity index (χ1) is 19.2. The second-order valence-corrected chi connectivity index (χ2v) is 9.62. The molecule has 208 valence electrons. The van der Waals surface area contributed by atoms with E-state index in [9.17, 15) is 19.5 Å². The van der Waals surface area contributed by atoms with Crippen LogP contribution in [0.2, 0.25) is 10.0 Å². The molecule has 0 saturated carbocycles. The van der Waals surface area contributed by atoms with Crippen LogP contribution in [0.1, 0.15) is 46.4 Å². The maximum Gasteiger partial charge on any atom is 0.338 e. The van der Waals surface area contributed by atoms with E-state index in [0.717, 1.165) is 0 Å². The predicted molar refractivity (Wildman–Crippen MR) is 149 cm³/mol. The number of hydrogen-bond acceptors (Lipinski definition) is 8. The normalized spacial score (nSPS) is 16.2. The summed E-state index contributed by atoms with van der Waals surface area (Å²) in [5.41, 5.74) is 1.33. The molecule has 1 fully saturated rings. The van der Waals surface area contributed by atoms with Crippen LogP contribution in [-0.2, 0) is 20.9 Å². The van der Waals surface area contributed by atoms with Gasteiger partial charge in [0.05, 0.1) is 48.6 Å². The molecule has 4 rings (SSSR count). The monoisotopic (exact) mass is 584 g/mol. The number of esters is 1. The van der Waals surface area contributed by atoms with Crippen LogP contribution in [0.5, 0.6) is 11.5 Å². The highest BCUT2D eigenvalue weighted by Crippen LogP contribution is 2.47. The lowest BCUT2D eigenvalue weighted by Gasteiger charge is -2.25. The van der Waals surface area contributed by atoms with Crippen LogP contribution in [0.4, 0.5) is 0 Å². The highest BCUT2D eigenvalue weighted by molar-refractivity contribution is 6.47. The summed E-state index contributed by atoms with van der Waals surface area (Å²) in [6.07, 6.45) is 3.76. The van der Waals surface area contributed by atoms with E-state index in [1.165, 1.54) is 31.4 Å². The van der Waals surface area contributed by atoms with Crippen LogP contribution in [0.15, 0.2) is 60.4 Å². The first-order valence-electron chi connectivity index (χ1n) is 12.3. The Labute approximate surface area is 240 Å². The molecule has 2 heterocycles. The molecular weight excluding hydrogens is 559 g/mol. The van der Waals surface area contributed by atoms with Crippen molar-refractivity contribution in [3.8, 4) is 11.5 Å². The molecule has 2 aromatic carbocycles. The summed E-state index contributed by atoms with van der Waals surface area (Å²) in [6.45, 7) is 2.22. The van der Waals surface area contributed by atoms with Gasteiger partial charge in [-0.3, -0.25) is 14.6 Å². The van der Waals surface area contributed by atoms with Gasteiger partial charge in [-0.25, -0.2) is 4.79 Å². The number of amides is 1. The van der Waals surface area contributed by atoms with Gasteiger partial charge >= 0.3 is 5.97 Å². The van der Waals surface area contributed by atoms with Crippen molar-refractivity contribution in [2.75, 3.05) is 20.8 Å². The zero-order valence-corrected chi connectivity index (χ0v) is 23.5. The van der Waals surface area contributed by atoms with Gasteiger partial charge in [0.2, 0.25) is 0 Å². The Balaban J connectivity index is 1.80. The van der Waals surface area contributed by atoms with Gasteiger partial charge in [-0.2, -0.15) is 0 Å². The summed E-state index contributed by atoms with van der Waals surface area (Å²) in [4.78, 5) is 44.4. The number of rotatable bonds is 9. The van der Waals surface area contributed by atoms with Gasteiger partial charge < -0.3 is 24.2 Å². The van der Waals surface area contributed by atoms with Gasteiger partial charge in [0.1, 0.15) is 10.8 Å². The van der Waals surface area contributed by atoms with Crippen molar-refractivity contribution in [3.63, 3.8) is 0 Å². The lowest BCUT2D eigenvalue weighted by atomic mass is 9.95. The lowest BCUT2D eigenvalue weighted by molar-refractivity contribution is -0.140. The Hall–Kier alpha value is -4.08. The summed E-state index contributed by atoms with van der Waals surface area (Å²) in [5, 5.41) is 11.5. The maximum atomic E-state index is 13.4. The van der Waals surface area contributed by atoms with Crippen molar-refractivity contribution in [1.82, 2.24) is 9.88 Å². The van der Waals surface area contributed by atoms with Crippen molar-refractivity contribution in [2.45, 2.75) is 25.9 Å². The number of carbonyl (C=O) groups is 3. The zero-order chi connectivity index (χ0) is 29.0. The molecule has 11 heteroatoms. The molecule has 1 atom stereocenters. The Bertz CT molecular complexity index is 1470. The molecule has 1 amide bonds. The minimum atomic E-state index is -0.993. The number of nitrogens with zero attached hydrogens (tertiary/aromatic N) is 2. The first-order valence-corrected chi connectivity index (χ1v) is 13.0. The van der Waals surface area contributed by atoms with Gasteiger partial charge in [-0.15, -0.1) is 0 Å². The van der Waals surface area contributed by atoms with Gasteiger partial charge in [-0.1, -0.05) is 48.3 Å². The molecule has 1 unspecified atom stereocenters. The van der Waals surface area contributed by atoms with Crippen molar-refractivity contribution < 1.29 is 33.7 Å². The summed E-state index contributed by atoms with van der Waals surface area (Å²) in [6, 6.07) is 10.2. The fourth-order valence-electron chi connectivity index (χ4n) is 4.44. The number of methoxy groups -OCH3 is 2. The quantitative estimate of drug-likeness (QED) is 0.150. The van der Waals surface area contributed by atoms with E-state index < -0.39 is 29.5 Å².